The van der Waals surface area contributed by atoms with E-state index in [2.05, 4.69) is 17.1 Å². The molecule has 1 saturated carbocycles. The Morgan fingerprint density at radius 1 is 1.26 bits per heavy atom. The van der Waals surface area contributed by atoms with Gasteiger partial charge in [-0.25, -0.2) is 0 Å². The van der Waals surface area contributed by atoms with E-state index in [1.807, 2.05) is 18.4 Å². The fourth-order valence-corrected chi connectivity index (χ4v) is 3.06. The highest BCUT2D eigenvalue weighted by Crippen LogP contribution is 2.40. The van der Waals surface area contributed by atoms with Crippen LogP contribution in [0.3, 0.4) is 0 Å². The number of hydrogen-bond acceptors (Lipinski definition) is 4. The summed E-state index contributed by atoms with van der Waals surface area (Å²) < 4.78 is 7.37. The van der Waals surface area contributed by atoms with Gasteiger partial charge >= 0.3 is 5.97 Å². The first-order valence-electron chi connectivity index (χ1n) is 7.23. The van der Waals surface area contributed by atoms with Crippen LogP contribution in [0.4, 0.5) is 0 Å². The van der Waals surface area contributed by atoms with Crippen molar-refractivity contribution in [1.82, 2.24) is 14.8 Å². The van der Waals surface area contributed by atoms with Crippen LogP contribution in [-0.2, 0) is 21.5 Å². The van der Waals surface area contributed by atoms with E-state index < -0.39 is 5.41 Å². The van der Waals surface area contributed by atoms with Crippen LogP contribution in [0.2, 0.25) is 0 Å². The van der Waals surface area contributed by atoms with E-state index in [4.69, 9.17) is 4.74 Å². The van der Waals surface area contributed by atoms with Gasteiger partial charge in [-0.05, 0) is 33.6 Å². The van der Waals surface area contributed by atoms with Crippen LogP contribution in [-0.4, -0.2) is 27.3 Å². The lowest BCUT2D eigenvalue weighted by Gasteiger charge is -2.34. The molecule has 0 radical (unpaired) electrons. The molecular weight excluding hydrogens is 242 g/mol. The summed E-state index contributed by atoms with van der Waals surface area (Å²) in [6.45, 7) is 7.04. The Labute approximate surface area is 114 Å². The minimum absolute atomic E-state index is 0.128. The van der Waals surface area contributed by atoms with Crippen LogP contribution in [0.5, 0.6) is 0 Å². The monoisotopic (exact) mass is 265 g/mol. The molecule has 1 aliphatic carbocycles. The zero-order valence-electron chi connectivity index (χ0n) is 12.1. The van der Waals surface area contributed by atoms with Crippen LogP contribution >= 0.6 is 0 Å². The Morgan fingerprint density at radius 3 is 2.53 bits per heavy atom. The number of aryl methyl sites for hydroxylation is 1. The molecule has 0 spiro atoms. The quantitative estimate of drug-likeness (QED) is 0.784. The van der Waals surface area contributed by atoms with Crippen LogP contribution < -0.4 is 0 Å². The third-order valence-electron chi connectivity index (χ3n) is 4.05. The van der Waals surface area contributed by atoms with Crippen molar-refractivity contribution < 1.29 is 9.53 Å². The fourth-order valence-electron chi connectivity index (χ4n) is 3.06. The average Bonchev–Trinajstić information content (AvgIpc) is 2.81. The lowest BCUT2D eigenvalue weighted by atomic mass is 9.73. The zero-order chi connectivity index (χ0) is 13.9. The maximum absolute atomic E-state index is 12.5. The van der Waals surface area contributed by atoms with Crippen molar-refractivity contribution in [1.29, 1.82) is 0 Å². The van der Waals surface area contributed by atoms with Gasteiger partial charge in [0, 0.05) is 6.54 Å². The fraction of sp³-hybridized carbons (Fsp3) is 0.786. The molecule has 0 aliphatic heterocycles. The second-order valence-electron chi connectivity index (χ2n) is 5.18. The van der Waals surface area contributed by atoms with Gasteiger partial charge in [-0.3, -0.25) is 4.79 Å². The molecule has 0 bridgehead atoms. The topological polar surface area (TPSA) is 57.0 Å². The highest BCUT2D eigenvalue weighted by atomic mass is 16.5. The molecular formula is C14H23N3O2. The summed E-state index contributed by atoms with van der Waals surface area (Å²) in [6, 6.07) is 0. The molecule has 1 aromatic heterocycles. The Kier molecular flexibility index (Phi) is 4.22. The van der Waals surface area contributed by atoms with E-state index >= 15 is 0 Å². The third-order valence-corrected chi connectivity index (χ3v) is 4.05. The molecule has 1 heterocycles. The number of rotatable bonds is 4. The van der Waals surface area contributed by atoms with Gasteiger partial charge in [-0.15, -0.1) is 10.2 Å². The van der Waals surface area contributed by atoms with Crippen LogP contribution in [0, 0.1) is 6.92 Å². The molecule has 5 heteroatoms. The summed E-state index contributed by atoms with van der Waals surface area (Å²) in [6.07, 6.45) is 4.93. The first-order valence-corrected chi connectivity index (χ1v) is 7.23. The Bertz CT molecular complexity index is 448. The van der Waals surface area contributed by atoms with Gasteiger partial charge < -0.3 is 9.30 Å². The second kappa shape index (κ2) is 5.72. The van der Waals surface area contributed by atoms with E-state index in [1.165, 1.54) is 6.42 Å². The summed E-state index contributed by atoms with van der Waals surface area (Å²) in [5.74, 6) is 1.54. The Balaban J connectivity index is 2.44. The first kappa shape index (κ1) is 14.0. The number of aromatic nitrogens is 3. The average molecular weight is 265 g/mol. The third kappa shape index (κ3) is 2.38. The van der Waals surface area contributed by atoms with Crippen LogP contribution in [0.25, 0.3) is 0 Å². The normalized spacial score (nSPS) is 18.3. The molecule has 0 atom stereocenters. The van der Waals surface area contributed by atoms with E-state index in [1.54, 1.807) is 0 Å². The molecule has 0 aromatic carbocycles. The van der Waals surface area contributed by atoms with E-state index in [-0.39, 0.29) is 5.97 Å². The smallest absolute Gasteiger partial charge is 0.319 e. The molecule has 1 aliphatic rings. The van der Waals surface area contributed by atoms with Crippen molar-refractivity contribution in [2.24, 2.45) is 0 Å². The molecule has 1 aromatic rings. The largest absolute Gasteiger partial charge is 0.465 e. The Hall–Kier alpha value is -1.39. The number of carbonyl (C=O) groups is 1. The predicted molar refractivity (Wildman–Crippen MR) is 71.8 cm³/mol. The summed E-state index contributed by atoms with van der Waals surface area (Å²) in [7, 11) is 0. The van der Waals surface area contributed by atoms with Gasteiger partial charge in [-0.2, -0.15) is 0 Å². The van der Waals surface area contributed by atoms with E-state index in [9.17, 15) is 4.79 Å². The first-order chi connectivity index (χ1) is 9.15. The SMILES string of the molecule is CCOC(=O)C1(c2nnc(C)n2CC)CCCCC1. The van der Waals surface area contributed by atoms with Gasteiger partial charge in [0.1, 0.15) is 11.2 Å². The van der Waals surface area contributed by atoms with Gasteiger partial charge in [-0.1, -0.05) is 19.3 Å². The molecule has 0 saturated heterocycles. The van der Waals surface area contributed by atoms with Crippen molar-refractivity contribution in [2.75, 3.05) is 6.61 Å². The van der Waals surface area contributed by atoms with Crippen molar-refractivity contribution in [3.8, 4) is 0 Å². The minimum atomic E-state index is -0.578. The molecule has 1 fully saturated rings. The second-order valence-corrected chi connectivity index (χ2v) is 5.18. The molecule has 0 unspecified atom stereocenters. The number of ether oxygens (including phenoxy) is 1. The van der Waals surface area contributed by atoms with Crippen LogP contribution in [0.1, 0.15) is 57.6 Å². The van der Waals surface area contributed by atoms with Crippen molar-refractivity contribution >= 4 is 5.97 Å². The van der Waals surface area contributed by atoms with E-state index in [0.29, 0.717) is 6.61 Å². The summed E-state index contributed by atoms with van der Waals surface area (Å²) >= 11 is 0. The maximum atomic E-state index is 12.5. The molecule has 0 N–H and O–H groups in total. The molecule has 19 heavy (non-hydrogen) atoms. The number of carbonyl (C=O) groups excluding carboxylic acids is 1. The summed E-state index contributed by atoms with van der Waals surface area (Å²) in [5, 5.41) is 8.45. The highest BCUT2D eigenvalue weighted by Gasteiger charge is 2.46. The number of esters is 1. The molecule has 2 rings (SSSR count). The standard InChI is InChI=1S/C14H23N3O2/c1-4-17-11(3)15-16-12(17)14(13(18)19-5-2)9-7-6-8-10-14/h4-10H2,1-3H3. The lowest BCUT2D eigenvalue weighted by Crippen LogP contribution is -2.42. The Morgan fingerprint density at radius 2 is 1.95 bits per heavy atom. The summed E-state index contributed by atoms with van der Waals surface area (Å²) in [5.41, 5.74) is -0.578. The zero-order valence-corrected chi connectivity index (χ0v) is 12.1. The minimum Gasteiger partial charge on any atom is -0.465 e. The number of nitrogens with zero attached hydrogens (tertiary/aromatic N) is 3. The lowest BCUT2D eigenvalue weighted by molar-refractivity contribution is -0.152. The predicted octanol–water partition coefficient (Wildman–Crippen LogP) is 2.37. The van der Waals surface area contributed by atoms with Crippen molar-refractivity contribution in [2.45, 2.75) is 64.8 Å². The van der Waals surface area contributed by atoms with Crippen LogP contribution in [0.15, 0.2) is 0 Å². The van der Waals surface area contributed by atoms with Gasteiger partial charge in [0.15, 0.2) is 5.82 Å². The highest BCUT2D eigenvalue weighted by molar-refractivity contribution is 5.82. The maximum Gasteiger partial charge on any atom is 0.319 e. The van der Waals surface area contributed by atoms with Gasteiger partial charge in [0.05, 0.1) is 6.61 Å². The molecule has 106 valence electrons. The van der Waals surface area contributed by atoms with Crippen molar-refractivity contribution in [3.63, 3.8) is 0 Å². The van der Waals surface area contributed by atoms with Gasteiger partial charge in [0.25, 0.3) is 0 Å². The molecule has 5 nitrogen and oxygen atoms in total. The van der Waals surface area contributed by atoms with Crippen molar-refractivity contribution in [3.05, 3.63) is 11.6 Å². The van der Waals surface area contributed by atoms with E-state index in [0.717, 1.165) is 43.9 Å². The molecule has 0 amide bonds. The van der Waals surface area contributed by atoms with Gasteiger partial charge in [0.2, 0.25) is 0 Å². The number of hydrogen-bond donors (Lipinski definition) is 0. The summed E-state index contributed by atoms with van der Waals surface area (Å²) in [4.78, 5) is 12.5.